The summed E-state index contributed by atoms with van der Waals surface area (Å²) in [4.78, 5) is 2.79. The molecule has 2 heteroatoms. The fourth-order valence-corrected chi connectivity index (χ4v) is 3.94. The van der Waals surface area contributed by atoms with Crippen molar-refractivity contribution in [3.05, 3.63) is 0 Å². The van der Waals surface area contributed by atoms with E-state index in [1.165, 1.54) is 45.2 Å². The summed E-state index contributed by atoms with van der Waals surface area (Å²) >= 11 is 0. The first-order valence-electron chi connectivity index (χ1n) is 7.66. The lowest BCUT2D eigenvalue weighted by atomic mass is 9.85. The maximum Gasteiger partial charge on any atom is 0.00966 e. The Kier molecular flexibility index (Phi) is 4.87. The first-order valence-corrected chi connectivity index (χ1v) is 7.66. The van der Waals surface area contributed by atoms with Crippen LogP contribution in [0.15, 0.2) is 0 Å². The van der Waals surface area contributed by atoms with Crippen molar-refractivity contribution in [1.82, 2.24) is 10.2 Å². The maximum absolute atomic E-state index is 3.61. The lowest BCUT2D eigenvalue weighted by molar-refractivity contribution is 0.0706. The van der Waals surface area contributed by atoms with Gasteiger partial charge in [-0.2, -0.15) is 0 Å². The van der Waals surface area contributed by atoms with Gasteiger partial charge in [-0.25, -0.2) is 0 Å². The summed E-state index contributed by atoms with van der Waals surface area (Å²) in [7, 11) is 0. The Morgan fingerprint density at radius 1 is 1.00 bits per heavy atom. The van der Waals surface area contributed by atoms with Crippen LogP contribution in [0.3, 0.4) is 0 Å². The first-order chi connectivity index (χ1) is 8.19. The highest BCUT2D eigenvalue weighted by molar-refractivity contribution is 4.86. The van der Waals surface area contributed by atoms with Crippen molar-refractivity contribution < 1.29 is 0 Å². The highest BCUT2D eigenvalue weighted by atomic mass is 15.2. The van der Waals surface area contributed by atoms with E-state index in [0.29, 0.717) is 0 Å². The molecular weight excluding hydrogens is 208 g/mol. The van der Waals surface area contributed by atoms with Gasteiger partial charge in [-0.1, -0.05) is 20.8 Å². The lowest BCUT2D eigenvalue weighted by Crippen LogP contribution is -2.48. The predicted molar refractivity (Wildman–Crippen MR) is 74.2 cm³/mol. The van der Waals surface area contributed by atoms with Gasteiger partial charge in [-0.15, -0.1) is 0 Å². The zero-order valence-corrected chi connectivity index (χ0v) is 11.9. The molecule has 1 saturated carbocycles. The normalized spacial score (nSPS) is 40.4. The summed E-state index contributed by atoms with van der Waals surface area (Å²) < 4.78 is 0. The van der Waals surface area contributed by atoms with Gasteiger partial charge in [0, 0.05) is 25.2 Å². The third-order valence-electron chi connectivity index (χ3n) is 4.60. The van der Waals surface area contributed by atoms with Gasteiger partial charge in [0.2, 0.25) is 0 Å². The van der Waals surface area contributed by atoms with Gasteiger partial charge in [0.05, 0.1) is 0 Å². The van der Waals surface area contributed by atoms with Crippen LogP contribution in [-0.4, -0.2) is 36.6 Å². The Balaban J connectivity index is 1.79. The Hall–Kier alpha value is -0.0800. The van der Waals surface area contributed by atoms with Crippen LogP contribution in [0.4, 0.5) is 0 Å². The topological polar surface area (TPSA) is 15.3 Å². The van der Waals surface area contributed by atoms with Gasteiger partial charge >= 0.3 is 0 Å². The average Bonchev–Trinajstić information content (AvgIpc) is 2.29. The Bertz CT molecular complexity index is 211. The molecule has 0 spiro atoms. The number of nitrogens with one attached hydrogen (secondary N) is 1. The molecule has 17 heavy (non-hydrogen) atoms. The number of hydrogen-bond acceptors (Lipinski definition) is 2. The second kappa shape index (κ2) is 6.19. The monoisotopic (exact) mass is 238 g/mol. The quantitative estimate of drug-likeness (QED) is 0.813. The molecule has 0 aromatic heterocycles. The molecule has 2 atom stereocenters. The number of likely N-dealkylation sites (tertiary alicyclic amines) is 1. The van der Waals surface area contributed by atoms with E-state index in [1.54, 1.807) is 0 Å². The SMILES string of the molecule is CCNC1CCC(N2CC(C)CC(C)C2)CC1. The molecule has 1 aliphatic carbocycles. The molecule has 0 amide bonds. The summed E-state index contributed by atoms with van der Waals surface area (Å²) in [5, 5.41) is 3.61. The predicted octanol–water partition coefficient (Wildman–Crippen LogP) is 2.89. The molecule has 0 aromatic carbocycles. The van der Waals surface area contributed by atoms with Crippen molar-refractivity contribution in [2.45, 2.75) is 65.0 Å². The van der Waals surface area contributed by atoms with Crippen LogP contribution in [0.25, 0.3) is 0 Å². The highest BCUT2D eigenvalue weighted by Gasteiger charge is 2.30. The summed E-state index contributed by atoms with van der Waals surface area (Å²) in [6.07, 6.45) is 7.03. The molecule has 1 aliphatic heterocycles. The summed E-state index contributed by atoms with van der Waals surface area (Å²) in [6.45, 7) is 10.9. The van der Waals surface area contributed by atoms with E-state index >= 15 is 0 Å². The highest BCUT2D eigenvalue weighted by Crippen LogP contribution is 2.29. The van der Waals surface area contributed by atoms with Crippen molar-refractivity contribution in [2.24, 2.45) is 11.8 Å². The summed E-state index contributed by atoms with van der Waals surface area (Å²) in [6, 6.07) is 1.69. The molecule has 0 bridgehead atoms. The molecule has 0 radical (unpaired) electrons. The molecular formula is C15H30N2. The van der Waals surface area contributed by atoms with Crippen molar-refractivity contribution in [2.75, 3.05) is 19.6 Å². The Labute approximate surface area is 107 Å². The maximum atomic E-state index is 3.61. The van der Waals surface area contributed by atoms with E-state index in [0.717, 1.165) is 30.5 Å². The first kappa shape index (κ1) is 13.4. The van der Waals surface area contributed by atoms with Crippen molar-refractivity contribution in [3.8, 4) is 0 Å². The van der Waals surface area contributed by atoms with Crippen LogP contribution >= 0.6 is 0 Å². The molecule has 100 valence electrons. The van der Waals surface area contributed by atoms with E-state index in [1.807, 2.05) is 0 Å². The van der Waals surface area contributed by atoms with Gasteiger partial charge in [0.15, 0.2) is 0 Å². The Morgan fingerprint density at radius 3 is 2.12 bits per heavy atom. The van der Waals surface area contributed by atoms with Crippen LogP contribution in [0.5, 0.6) is 0 Å². The molecule has 2 aliphatic rings. The fourth-order valence-electron chi connectivity index (χ4n) is 3.94. The van der Waals surface area contributed by atoms with Gasteiger partial charge in [0.1, 0.15) is 0 Å². The lowest BCUT2D eigenvalue weighted by Gasteiger charge is -2.43. The second-order valence-corrected chi connectivity index (χ2v) is 6.46. The minimum absolute atomic E-state index is 0.802. The van der Waals surface area contributed by atoms with Crippen LogP contribution in [-0.2, 0) is 0 Å². The number of hydrogen-bond donors (Lipinski definition) is 1. The third kappa shape index (κ3) is 3.69. The van der Waals surface area contributed by atoms with Crippen LogP contribution in [0.2, 0.25) is 0 Å². The second-order valence-electron chi connectivity index (χ2n) is 6.46. The molecule has 2 rings (SSSR count). The summed E-state index contributed by atoms with van der Waals surface area (Å²) in [5.41, 5.74) is 0. The molecule has 2 nitrogen and oxygen atoms in total. The van der Waals surface area contributed by atoms with Gasteiger partial charge in [0.25, 0.3) is 0 Å². The minimum atomic E-state index is 0.802. The molecule has 1 N–H and O–H groups in total. The third-order valence-corrected chi connectivity index (χ3v) is 4.60. The molecule has 2 fully saturated rings. The standard InChI is InChI=1S/C15H30N2/c1-4-16-14-5-7-15(8-6-14)17-10-12(2)9-13(3)11-17/h12-16H,4-11H2,1-3H3. The zero-order valence-electron chi connectivity index (χ0n) is 11.9. The van der Waals surface area contributed by atoms with Gasteiger partial charge < -0.3 is 5.32 Å². The molecule has 1 saturated heterocycles. The number of piperidine rings is 1. The van der Waals surface area contributed by atoms with E-state index in [2.05, 4.69) is 31.0 Å². The molecule has 0 aromatic rings. The smallest absolute Gasteiger partial charge is 0.00966 e. The Morgan fingerprint density at radius 2 is 1.59 bits per heavy atom. The zero-order chi connectivity index (χ0) is 12.3. The van der Waals surface area contributed by atoms with Crippen molar-refractivity contribution >= 4 is 0 Å². The fraction of sp³-hybridized carbons (Fsp3) is 1.00. The van der Waals surface area contributed by atoms with Crippen molar-refractivity contribution in [1.29, 1.82) is 0 Å². The van der Waals surface area contributed by atoms with E-state index in [4.69, 9.17) is 0 Å². The van der Waals surface area contributed by atoms with Crippen molar-refractivity contribution in [3.63, 3.8) is 0 Å². The van der Waals surface area contributed by atoms with E-state index in [9.17, 15) is 0 Å². The minimum Gasteiger partial charge on any atom is -0.314 e. The molecule has 1 heterocycles. The average molecular weight is 238 g/mol. The largest absolute Gasteiger partial charge is 0.314 e. The van der Waals surface area contributed by atoms with Gasteiger partial charge in [-0.3, -0.25) is 4.90 Å². The summed E-state index contributed by atoms with van der Waals surface area (Å²) in [5.74, 6) is 1.82. The van der Waals surface area contributed by atoms with Crippen LogP contribution in [0, 0.1) is 11.8 Å². The van der Waals surface area contributed by atoms with E-state index < -0.39 is 0 Å². The van der Waals surface area contributed by atoms with Crippen LogP contribution in [0.1, 0.15) is 52.9 Å². The number of rotatable bonds is 3. The van der Waals surface area contributed by atoms with Crippen LogP contribution < -0.4 is 5.32 Å². The van der Waals surface area contributed by atoms with Gasteiger partial charge in [-0.05, 0) is 50.5 Å². The molecule has 2 unspecified atom stereocenters. The van der Waals surface area contributed by atoms with E-state index in [-0.39, 0.29) is 0 Å². The number of nitrogens with zero attached hydrogens (tertiary/aromatic N) is 1.